The van der Waals surface area contributed by atoms with Gasteiger partial charge in [0.25, 0.3) is 10.0 Å². The van der Waals surface area contributed by atoms with Crippen LogP contribution in [0, 0.1) is 5.92 Å². The molecule has 30 heavy (non-hydrogen) atoms. The molecule has 0 saturated carbocycles. The number of sulfonamides is 1. The van der Waals surface area contributed by atoms with Crippen molar-refractivity contribution < 1.29 is 17.9 Å². The van der Waals surface area contributed by atoms with Crippen LogP contribution in [0.5, 0.6) is 5.75 Å². The SMILES string of the molecule is COc1ccc(C(NC(=O)Cc2ccc(S(=O)(=O)N3CCCCC3)s2)C(C)C)cc1. The molecule has 1 aliphatic heterocycles. The van der Waals surface area contributed by atoms with E-state index in [1.807, 2.05) is 24.3 Å². The number of carbonyl (C=O) groups excluding carboxylic acids is 1. The lowest BCUT2D eigenvalue weighted by Gasteiger charge is -2.25. The molecule has 1 aromatic heterocycles. The molecule has 1 unspecified atom stereocenters. The maximum absolute atomic E-state index is 12.8. The molecular weight excluding hydrogens is 420 g/mol. The summed E-state index contributed by atoms with van der Waals surface area (Å²) in [6.07, 6.45) is 3.05. The summed E-state index contributed by atoms with van der Waals surface area (Å²) < 4.78 is 32.7. The minimum Gasteiger partial charge on any atom is -0.497 e. The molecule has 164 valence electrons. The smallest absolute Gasteiger partial charge is 0.252 e. The number of nitrogens with zero attached hydrogens (tertiary/aromatic N) is 1. The first-order valence-electron chi connectivity index (χ1n) is 10.3. The van der Waals surface area contributed by atoms with Crippen LogP contribution in [0.4, 0.5) is 0 Å². The van der Waals surface area contributed by atoms with Crippen molar-refractivity contribution >= 4 is 27.3 Å². The number of rotatable bonds is 8. The van der Waals surface area contributed by atoms with E-state index in [1.165, 1.54) is 11.3 Å². The van der Waals surface area contributed by atoms with Crippen LogP contribution in [0.3, 0.4) is 0 Å². The first kappa shape index (κ1) is 22.8. The number of hydrogen-bond acceptors (Lipinski definition) is 5. The van der Waals surface area contributed by atoms with Gasteiger partial charge in [-0.3, -0.25) is 4.79 Å². The van der Waals surface area contributed by atoms with E-state index >= 15 is 0 Å². The largest absolute Gasteiger partial charge is 0.497 e. The predicted molar refractivity (Wildman–Crippen MR) is 119 cm³/mol. The standard InChI is InChI=1S/C22H30N2O4S2/c1-16(2)22(17-7-9-18(28-3)10-8-17)23-20(25)15-19-11-12-21(29-19)30(26,27)24-13-5-4-6-14-24/h7-12,16,22H,4-6,13-15H2,1-3H3,(H,23,25). The van der Waals surface area contributed by atoms with E-state index in [-0.39, 0.29) is 24.3 Å². The molecule has 1 fully saturated rings. The Hall–Kier alpha value is -1.90. The van der Waals surface area contributed by atoms with Crippen LogP contribution in [0.2, 0.25) is 0 Å². The first-order chi connectivity index (χ1) is 14.3. The second-order valence-electron chi connectivity index (χ2n) is 7.92. The Kier molecular flexibility index (Phi) is 7.55. The third kappa shape index (κ3) is 5.42. The summed E-state index contributed by atoms with van der Waals surface area (Å²) in [5, 5.41) is 3.10. The van der Waals surface area contributed by atoms with Crippen molar-refractivity contribution in [1.82, 2.24) is 9.62 Å². The first-order valence-corrected chi connectivity index (χ1v) is 12.6. The fraction of sp³-hybridized carbons (Fsp3) is 0.500. The van der Waals surface area contributed by atoms with E-state index in [2.05, 4.69) is 19.2 Å². The summed E-state index contributed by atoms with van der Waals surface area (Å²) >= 11 is 1.19. The Bertz CT molecular complexity index is 946. The molecule has 8 heteroatoms. The van der Waals surface area contributed by atoms with Crippen LogP contribution < -0.4 is 10.1 Å². The van der Waals surface area contributed by atoms with Crippen molar-refractivity contribution in [1.29, 1.82) is 0 Å². The van der Waals surface area contributed by atoms with Crippen molar-refractivity contribution in [2.24, 2.45) is 5.92 Å². The van der Waals surface area contributed by atoms with Crippen molar-refractivity contribution in [3.8, 4) is 5.75 Å². The average Bonchev–Trinajstić information content (AvgIpc) is 3.22. The van der Waals surface area contributed by atoms with E-state index in [1.54, 1.807) is 23.5 Å². The molecule has 1 amide bonds. The summed E-state index contributed by atoms with van der Waals surface area (Å²) in [5.74, 6) is 0.864. The zero-order chi connectivity index (χ0) is 21.7. The van der Waals surface area contributed by atoms with Gasteiger partial charge < -0.3 is 10.1 Å². The van der Waals surface area contributed by atoms with Gasteiger partial charge in [0, 0.05) is 18.0 Å². The maximum Gasteiger partial charge on any atom is 0.252 e. The number of benzene rings is 1. The highest BCUT2D eigenvalue weighted by molar-refractivity contribution is 7.91. The van der Waals surface area contributed by atoms with Crippen LogP contribution in [-0.2, 0) is 21.2 Å². The van der Waals surface area contributed by atoms with Crippen molar-refractivity contribution in [2.75, 3.05) is 20.2 Å². The fourth-order valence-electron chi connectivity index (χ4n) is 3.65. The van der Waals surface area contributed by atoms with Gasteiger partial charge in [0.15, 0.2) is 0 Å². The molecule has 3 rings (SSSR count). The number of ether oxygens (including phenoxy) is 1. The maximum atomic E-state index is 12.8. The summed E-state index contributed by atoms with van der Waals surface area (Å²) in [7, 11) is -1.83. The van der Waals surface area contributed by atoms with Gasteiger partial charge in [-0.05, 0) is 48.6 Å². The monoisotopic (exact) mass is 450 g/mol. The van der Waals surface area contributed by atoms with Gasteiger partial charge >= 0.3 is 0 Å². The van der Waals surface area contributed by atoms with Gasteiger partial charge in [-0.2, -0.15) is 4.31 Å². The lowest BCUT2D eigenvalue weighted by atomic mass is 9.95. The lowest BCUT2D eigenvalue weighted by Crippen LogP contribution is -2.35. The molecule has 2 heterocycles. The fourth-order valence-corrected chi connectivity index (χ4v) is 6.68. The number of carbonyl (C=O) groups is 1. The number of nitrogens with one attached hydrogen (secondary N) is 1. The van der Waals surface area contributed by atoms with Crippen LogP contribution in [0.1, 0.15) is 49.6 Å². The number of hydrogen-bond donors (Lipinski definition) is 1. The van der Waals surface area contributed by atoms with E-state index in [9.17, 15) is 13.2 Å². The van der Waals surface area contributed by atoms with E-state index < -0.39 is 10.0 Å². The van der Waals surface area contributed by atoms with Gasteiger partial charge in [0.05, 0.1) is 19.6 Å². The second kappa shape index (κ2) is 9.94. The van der Waals surface area contributed by atoms with Crippen molar-refractivity contribution in [3.05, 3.63) is 46.8 Å². The Morgan fingerprint density at radius 1 is 1.10 bits per heavy atom. The molecule has 1 aliphatic rings. The Morgan fingerprint density at radius 2 is 1.77 bits per heavy atom. The molecule has 1 N–H and O–H groups in total. The van der Waals surface area contributed by atoms with E-state index in [4.69, 9.17) is 4.74 Å². The molecule has 0 aliphatic carbocycles. The average molecular weight is 451 g/mol. The molecule has 1 atom stereocenters. The minimum absolute atomic E-state index is 0.117. The molecule has 0 bridgehead atoms. The lowest BCUT2D eigenvalue weighted by molar-refractivity contribution is -0.121. The molecule has 2 aromatic rings. The van der Waals surface area contributed by atoms with Crippen molar-refractivity contribution in [3.63, 3.8) is 0 Å². The Balaban J connectivity index is 1.66. The summed E-state index contributed by atoms with van der Waals surface area (Å²) in [6, 6.07) is 10.9. The number of thiophene rings is 1. The number of methoxy groups -OCH3 is 1. The summed E-state index contributed by atoms with van der Waals surface area (Å²) in [4.78, 5) is 13.4. The molecule has 6 nitrogen and oxygen atoms in total. The highest BCUT2D eigenvalue weighted by Gasteiger charge is 2.27. The summed E-state index contributed by atoms with van der Waals surface area (Å²) in [5.41, 5.74) is 1.01. The number of piperidine rings is 1. The van der Waals surface area contributed by atoms with Gasteiger partial charge in [-0.1, -0.05) is 32.4 Å². The van der Waals surface area contributed by atoms with E-state index in [0.29, 0.717) is 17.3 Å². The quantitative estimate of drug-likeness (QED) is 0.660. The zero-order valence-electron chi connectivity index (χ0n) is 17.8. The molecule has 0 radical (unpaired) electrons. The van der Waals surface area contributed by atoms with Crippen LogP contribution in [0.25, 0.3) is 0 Å². The van der Waals surface area contributed by atoms with Crippen LogP contribution in [-0.4, -0.2) is 38.8 Å². The van der Waals surface area contributed by atoms with Gasteiger partial charge in [0.1, 0.15) is 9.96 Å². The zero-order valence-corrected chi connectivity index (χ0v) is 19.4. The van der Waals surface area contributed by atoms with Gasteiger partial charge in [-0.15, -0.1) is 11.3 Å². The highest BCUT2D eigenvalue weighted by atomic mass is 32.2. The molecular formula is C22H30N2O4S2. The van der Waals surface area contributed by atoms with E-state index in [0.717, 1.165) is 35.5 Å². The van der Waals surface area contributed by atoms with Gasteiger partial charge in [-0.25, -0.2) is 8.42 Å². The Labute approximate surface area is 183 Å². The predicted octanol–water partition coefficient (Wildman–Crippen LogP) is 3.99. The van der Waals surface area contributed by atoms with Crippen molar-refractivity contribution in [2.45, 2.75) is 49.8 Å². The third-order valence-corrected chi connectivity index (χ3v) is 8.79. The number of amides is 1. The van der Waals surface area contributed by atoms with Crippen LogP contribution >= 0.6 is 11.3 Å². The highest BCUT2D eigenvalue weighted by Crippen LogP contribution is 2.28. The third-order valence-electron chi connectivity index (χ3n) is 5.34. The Morgan fingerprint density at radius 3 is 2.37 bits per heavy atom. The van der Waals surface area contributed by atoms with Gasteiger partial charge in [0.2, 0.25) is 5.91 Å². The van der Waals surface area contributed by atoms with Crippen LogP contribution in [0.15, 0.2) is 40.6 Å². The second-order valence-corrected chi connectivity index (χ2v) is 11.3. The normalized spacial score (nSPS) is 16.4. The molecule has 1 saturated heterocycles. The molecule has 1 aromatic carbocycles. The topological polar surface area (TPSA) is 75.7 Å². The summed E-state index contributed by atoms with van der Waals surface area (Å²) in [6.45, 7) is 5.27. The minimum atomic E-state index is -3.45. The molecule has 0 spiro atoms.